The number of nitrogens with zero attached hydrogens (tertiary/aromatic N) is 2. The average molecular weight is 326 g/mol. The van der Waals surface area contributed by atoms with E-state index in [9.17, 15) is 8.42 Å². The molecule has 2 saturated carbocycles. The van der Waals surface area contributed by atoms with E-state index in [0.29, 0.717) is 31.5 Å². The Bertz CT molecular complexity index is 617. The summed E-state index contributed by atoms with van der Waals surface area (Å²) < 4.78 is 34.6. The molecule has 0 aromatic carbocycles. The van der Waals surface area contributed by atoms with Gasteiger partial charge in [0, 0.05) is 25.0 Å². The van der Waals surface area contributed by atoms with E-state index >= 15 is 0 Å². The third-order valence-corrected chi connectivity index (χ3v) is 6.94. The summed E-state index contributed by atoms with van der Waals surface area (Å²) in [5.41, 5.74) is 0. The first-order valence-electron chi connectivity index (χ1n) is 8.32. The van der Waals surface area contributed by atoms with Gasteiger partial charge < -0.3 is 4.42 Å². The van der Waals surface area contributed by atoms with Gasteiger partial charge in [0.05, 0.1) is 6.54 Å². The second-order valence-electron chi connectivity index (χ2n) is 6.49. The zero-order chi connectivity index (χ0) is 15.9. The van der Waals surface area contributed by atoms with E-state index < -0.39 is 10.2 Å². The Morgan fingerprint density at radius 1 is 1.23 bits per heavy atom. The molecule has 124 valence electrons. The van der Waals surface area contributed by atoms with Crippen molar-refractivity contribution in [2.75, 3.05) is 13.1 Å². The monoisotopic (exact) mass is 326 g/mol. The highest BCUT2D eigenvalue weighted by atomic mass is 32.2. The topological polar surface area (TPSA) is 53.8 Å². The molecule has 2 fully saturated rings. The van der Waals surface area contributed by atoms with E-state index in [-0.39, 0.29) is 6.04 Å². The van der Waals surface area contributed by atoms with Crippen molar-refractivity contribution in [2.24, 2.45) is 5.92 Å². The van der Waals surface area contributed by atoms with E-state index in [1.165, 1.54) is 10.7 Å². The van der Waals surface area contributed by atoms with Crippen LogP contribution in [0.4, 0.5) is 0 Å². The van der Waals surface area contributed by atoms with Crippen molar-refractivity contribution >= 4 is 10.2 Å². The SMILES string of the molecule is CCN(CC)S(=O)(=O)N(Cc1ccc(C2CC2C)o1)C1CC1. The first-order valence-corrected chi connectivity index (χ1v) is 9.72. The lowest BCUT2D eigenvalue weighted by Crippen LogP contribution is -2.44. The van der Waals surface area contributed by atoms with Crippen LogP contribution in [0.3, 0.4) is 0 Å². The lowest BCUT2D eigenvalue weighted by molar-refractivity contribution is 0.312. The molecule has 0 spiro atoms. The molecular weight excluding hydrogens is 300 g/mol. The Labute approximate surface area is 133 Å². The molecule has 0 bridgehead atoms. The fourth-order valence-corrected chi connectivity index (χ4v) is 4.84. The summed E-state index contributed by atoms with van der Waals surface area (Å²) in [6.07, 6.45) is 3.08. The maximum atomic E-state index is 12.8. The Morgan fingerprint density at radius 3 is 2.36 bits per heavy atom. The minimum Gasteiger partial charge on any atom is -0.464 e. The van der Waals surface area contributed by atoms with Gasteiger partial charge in [-0.05, 0) is 37.3 Å². The van der Waals surface area contributed by atoms with Crippen molar-refractivity contribution < 1.29 is 12.8 Å². The molecule has 2 unspecified atom stereocenters. The first-order chi connectivity index (χ1) is 10.5. The molecule has 0 amide bonds. The Hall–Kier alpha value is -0.850. The van der Waals surface area contributed by atoms with Gasteiger partial charge in [-0.25, -0.2) is 0 Å². The van der Waals surface area contributed by atoms with Crippen LogP contribution in [0.2, 0.25) is 0 Å². The number of hydrogen-bond donors (Lipinski definition) is 0. The van der Waals surface area contributed by atoms with Crippen LogP contribution in [0, 0.1) is 5.92 Å². The number of hydrogen-bond acceptors (Lipinski definition) is 3. The van der Waals surface area contributed by atoms with Gasteiger partial charge in [0.2, 0.25) is 0 Å². The number of rotatable bonds is 8. The zero-order valence-corrected chi connectivity index (χ0v) is 14.5. The Balaban J connectivity index is 1.76. The third-order valence-electron chi connectivity index (χ3n) is 4.75. The summed E-state index contributed by atoms with van der Waals surface area (Å²) in [7, 11) is -3.40. The molecule has 22 heavy (non-hydrogen) atoms. The second-order valence-corrected chi connectivity index (χ2v) is 8.37. The lowest BCUT2D eigenvalue weighted by atomic mass is 10.3. The fourth-order valence-electron chi connectivity index (χ4n) is 3.01. The van der Waals surface area contributed by atoms with Crippen LogP contribution >= 0.6 is 0 Å². The standard InChI is InChI=1S/C16H26N2O3S/c1-4-17(5-2)22(19,20)18(13-6-7-13)11-14-8-9-16(21-14)15-10-12(15)3/h8-9,12-13,15H,4-7,10-11H2,1-3H3. The van der Waals surface area contributed by atoms with Gasteiger partial charge in [0.1, 0.15) is 11.5 Å². The van der Waals surface area contributed by atoms with Gasteiger partial charge in [-0.2, -0.15) is 17.0 Å². The number of furan rings is 1. The van der Waals surface area contributed by atoms with Gasteiger partial charge in [-0.3, -0.25) is 0 Å². The minimum atomic E-state index is -3.40. The summed E-state index contributed by atoms with van der Waals surface area (Å²) in [5.74, 6) is 3.00. The van der Waals surface area contributed by atoms with Crippen LogP contribution < -0.4 is 0 Å². The summed E-state index contributed by atoms with van der Waals surface area (Å²) in [5, 5.41) is 0. The van der Waals surface area contributed by atoms with Crippen LogP contribution in [-0.2, 0) is 16.8 Å². The first kappa shape index (κ1) is 16.0. The van der Waals surface area contributed by atoms with Crippen molar-refractivity contribution in [1.29, 1.82) is 0 Å². The molecule has 1 aromatic heterocycles. The van der Waals surface area contributed by atoms with Crippen molar-refractivity contribution in [3.05, 3.63) is 23.7 Å². The van der Waals surface area contributed by atoms with Crippen LogP contribution in [-0.4, -0.2) is 36.2 Å². The van der Waals surface area contributed by atoms with Crippen molar-refractivity contribution in [1.82, 2.24) is 8.61 Å². The van der Waals surface area contributed by atoms with E-state index in [0.717, 1.165) is 24.4 Å². The quantitative estimate of drug-likeness (QED) is 0.738. The van der Waals surface area contributed by atoms with Crippen LogP contribution in [0.15, 0.2) is 16.5 Å². The van der Waals surface area contributed by atoms with E-state index in [1.54, 1.807) is 4.31 Å². The largest absolute Gasteiger partial charge is 0.464 e. The zero-order valence-electron chi connectivity index (χ0n) is 13.7. The van der Waals surface area contributed by atoms with Crippen molar-refractivity contribution in [3.63, 3.8) is 0 Å². The van der Waals surface area contributed by atoms with Crippen molar-refractivity contribution in [2.45, 2.75) is 58.5 Å². The molecule has 0 N–H and O–H groups in total. The van der Waals surface area contributed by atoms with E-state index in [4.69, 9.17) is 4.42 Å². The highest BCUT2D eigenvalue weighted by molar-refractivity contribution is 7.86. The lowest BCUT2D eigenvalue weighted by Gasteiger charge is -2.27. The predicted molar refractivity (Wildman–Crippen MR) is 85.6 cm³/mol. The fraction of sp³-hybridized carbons (Fsp3) is 0.750. The molecule has 1 aromatic rings. The summed E-state index contributed by atoms with van der Waals surface area (Å²) >= 11 is 0. The summed E-state index contributed by atoms with van der Waals surface area (Å²) in [6.45, 7) is 7.34. The molecule has 2 aliphatic carbocycles. The third kappa shape index (κ3) is 3.09. The molecule has 0 radical (unpaired) electrons. The molecule has 6 heteroatoms. The second kappa shape index (κ2) is 5.98. The molecule has 5 nitrogen and oxygen atoms in total. The highest BCUT2D eigenvalue weighted by Crippen LogP contribution is 2.47. The molecule has 1 heterocycles. The summed E-state index contributed by atoms with van der Waals surface area (Å²) in [4.78, 5) is 0. The molecule has 2 atom stereocenters. The molecule has 0 saturated heterocycles. The average Bonchev–Trinajstić information content (AvgIpc) is 3.39. The van der Waals surface area contributed by atoms with Crippen molar-refractivity contribution in [3.8, 4) is 0 Å². The molecular formula is C16H26N2O3S. The summed E-state index contributed by atoms with van der Waals surface area (Å²) in [6, 6.07) is 4.09. The molecule has 3 rings (SSSR count). The maximum Gasteiger partial charge on any atom is 0.282 e. The normalized spacial score (nSPS) is 25.1. The van der Waals surface area contributed by atoms with E-state index in [2.05, 4.69) is 6.92 Å². The smallest absolute Gasteiger partial charge is 0.282 e. The van der Waals surface area contributed by atoms with Gasteiger partial charge in [0.15, 0.2) is 0 Å². The Kier molecular flexibility index (Phi) is 4.36. The minimum absolute atomic E-state index is 0.138. The van der Waals surface area contributed by atoms with Gasteiger partial charge in [0.25, 0.3) is 10.2 Å². The van der Waals surface area contributed by atoms with Crippen LogP contribution in [0.25, 0.3) is 0 Å². The predicted octanol–water partition coefficient (Wildman–Crippen LogP) is 2.95. The van der Waals surface area contributed by atoms with Crippen LogP contribution in [0.1, 0.15) is 57.5 Å². The van der Waals surface area contributed by atoms with E-state index in [1.807, 2.05) is 26.0 Å². The van der Waals surface area contributed by atoms with Gasteiger partial charge >= 0.3 is 0 Å². The molecule has 0 aliphatic heterocycles. The van der Waals surface area contributed by atoms with Gasteiger partial charge in [-0.1, -0.05) is 20.8 Å². The van der Waals surface area contributed by atoms with Gasteiger partial charge in [-0.15, -0.1) is 0 Å². The Morgan fingerprint density at radius 2 is 1.86 bits per heavy atom. The highest BCUT2D eigenvalue weighted by Gasteiger charge is 2.41. The molecule has 2 aliphatic rings. The van der Waals surface area contributed by atoms with Crippen LogP contribution in [0.5, 0.6) is 0 Å². The maximum absolute atomic E-state index is 12.8.